The van der Waals surface area contributed by atoms with E-state index in [1.165, 1.54) is 205 Å². The summed E-state index contributed by atoms with van der Waals surface area (Å²) >= 11 is 0. The second-order valence-electron chi connectivity index (χ2n) is 26.3. The largest absolute Gasteiger partial charge is 0.472 e. The zero-order valence-corrected chi connectivity index (χ0v) is 60.2. The molecule has 0 fully saturated rings. The summed E-state index contributed by atoms with van der Waals surface area (Å²) < 4.78 is 23.8. The average Bonchev–Trinajstić information content (AvgIpc) is 3.72. The Labute approximate surface area is 557 Å². The number of aliphatic hydroxyl groups is 1. The number of phosphoric ester groups is 1. The van der Waals surface area contributed by atoms with E-state index in [4.69, 9.17) is 9.05 Å². The number of phosphoric acid groups is 1. The lowest BCUT2D eigenvalue weighted by molar-refractivity contribution is -0.870. The van der Waals surface area contributed by atoms with Crippen molar-refractivity contribution in [1.29, 1.82) is 0 Å². The van der Waals surface area contributed by atoms with Gasteiger partial charge in [-0.2, -0.15) is 0 Å². The van der Waals surface area contributed by atoms with Crippen molar-refractivity contribution in [2.24, 2.45) is 0 Å². The average molecular weight is 1270 g/mol. The van der Waals surface area contributed by atoms with Gasteiger partial charge in [-0.3, -0.25) is 13.8 Å². The molecule has 1 amide bonds. The first-order valence-electron chi connectivity index (χ1n) is 37.6. The molecule has 0 aliphatic carbocycles. The lowest BCUT2D eigenvalue weighted by atomic mass is 10.0. The number of hydrogen-bond donors (Lipinski definition) is 3. The second-order valence-corrected chi connectivity index (χ2v) is 27.7. The number of likely N-dealkylation sites (N-methyl/N-ethyl adjacent to an activating group) is 1. The smallest absolute Gasteiger partial charge is 0.387 e. The van der Waals surface area contributed by atoms with E-state index in [9.17, 15) is 19.4 Å². The fourth-order valence-electron chi connectivity index (χ4n) is 10.6. The third kappa shape index (κ3) is 72.1. The molecule has 0 spiro atoms. The summed E-state index contributed by atoms with van der Waals surface area (Å²) in [6.07, 6.45) is 106. The van der Waals surface area contributed by atoms with E-state index < -0.39 is 20.0 Å². The summed E-state index contributed by atoms with van der Waals surface area (Å²) in [6, 6.07) is -0.876. The van der Waals surface area contributed by atoms with Crippen LogP contribution in [0.1, 0.15) is 322 Å². The number of aliphatic hydroxyl groups excluding tert-OH is 1. The SMILES string of the molecule is CC/C=C\C/C=C\C/C=C\C/C=C\C/C=C\C/C=C\C/C=C\C/C=C\C/C=C\CCCCCCCCCCCCCC(=O)NC(COP(=O)(O)OCC[N+](C)(C)C)C(O)/C=C/CC/C=C/CCCCCCCCCCCCCCCCCCCCCCCCC. The molecule has 8 nitrogen and oxygen atoms in total. The van der Waals surface area contributed by atoms with Gasteiger partial charge in [0.05, 0.1) is 39.9 Å². The van der Waals surface area contributed by atoms with Crippen LogP contribution in [0.3, 0.4) is 0 Å². The number of rotatable bonds is 68. The number of carbonyl (C=O) groups excluding carboxylic acids is 1. The normalized spacial score (nSPS) is 14.3. The quantitative estimate of drug-likeness (QED) is 0.0243. The monoisotopic (exact) mass is 1270 g/mol. The Morgan fingerprint density at radius 3 is 1.02 bits per heavy atom. The van der Waals surface area contributed by atoms with Gasteiger partial charge in [-0.1, -0.05) is 347 Å². The summed E-state index contributed by atoms with van der Waals surface area (Å²) in [7, 11) is 1.55. The zero-order valence-electron chi connectivity index (χ0n) is 59.3. The molecule has 3 atom stereocenters. The maximum Gasteiger partial charge on any atom is 0.472 e. The fourth-order valence-corrected chi connectivity index (χ4v) is 11.3. The Morgan fingerprint density at radius 1 is 0.389 bits per heavy atom. The van der Waals surface area contributed by atoms with Crippen LogP contribution in [-0.4, -0.2) is 73.4 Å². The van der Waals surface area contributed by atoms with Gasteiger partial charge >= 0.3 is 7.82 Å². The highest BCUT2D eigenvalue weighted by atomic mass is 31.2. The lowest BCUT2D eigenvalue weighted by Gasteiger charge is -2.25. The number of allylic oxidation sites excluding steroid dienone is 21. The number of hydrogen-bond acceptors (Lipinski definition) is 5. The van der Waals surface area contributed by atoms with Gasteiger partial charge in [-0.05, 0) is 103 Å². The van der Waals surface area contributed by atoms with E-state index in [1.807, 2.05) is 27.2 Å². The van der Waals surface area contributed by atoms with Gasteiger partial charge in [-0.15, -0.1) is 0 Å². The topological polar surface area (TPSA) is 105 Å². The van der Waals surface area contributed by atoms with Crippen LogP contribution in [-0.2, 0) is 18.4 Å². The number of unbranched alkanes of at least 4 members (excludes halogenated alkanes) is 35. The molecular weight excluding hydrogens is 1130 g/mol. The van der Waals surface area contributed by atoms with Crippen molar-refractivity contribution in [3.63, 3.8) is 0 Å². The minimum absolute atomic E-state index is 0.0503. The lowest BCUT2D eigenvalue weighted by Crippen LogP contribution is -2.45. The van der Waals surface area contributed by atoms with Gasteiger partial charge in [0.1, 0.15) is 13.2 Å². The van der Waals surface area contributed by atoms with E-state index in [0.29, 0.717) is 17.4 Å². The van der Waals surface area contributed by atoms with Crippen LogP contribution in [0.25, 0.3) is 0 Å². The third-order valence-corrected chi connectivity index (χ3v) is 17.3. The van der Waals surface area contributed by atoms with E-state index in [2.05, 4.69) is 141 Å². The summed E-state index contributed by atoms with van der Waals surface area (Å²) in [5.74, 6) is -0.192. The molecule has 0 aromatic heterocycles. The minimum Gasteiger partial charge on any atom is -0.387 e. The highest BCUT2D eigenvalue weighted by molar-refractivity contribution is 7.47. The Hall–Kier alpha value is -3.36. The van der Waals surface area contributed by atoms with Crippen LogP contribution < -0.4 is 5.32 Å². The molecule has 0 rings (SSSR count). The van der Waals surface area contributed by atoms with E-state index in [0.717, 1.165) is 96.3 Å². The molecule has 3 unspecified atom stereocenters. The number of nitrogens with one attached hydrogen (secondary N) is 1. The summed E-state index contributed by atoms with van der Waals surface area (Å²) in [4.78, 5) is 23.5. The Kier molecular flexibility index (Phi) is 67.4. The number of quaternary nitrogens is 1. The van der Waals surface area contributed by atoms with Crippen molar-refractivity contribution in [2.75, 3.05) is 40.9 Å². The molecule has 0 aromatic carbocycles. The first-order valence-corrected chi connectivity index (χ1v) is 39.1. The standard InChI is InChI=1S/C81H143N2O6P/c1-6-8-10-12-14-16-18-20-22-24-26-28-30-32-34-36-37-38-39-40-41-42-43-44-45-47-49-51-53-55-57-59-61-63-65-67-69-71-73-75-81(85)82-79(78-89-90(86,87)88-77-76-83(3,4)5)80(84)74-72-70-68-66-64-62-60-58-56-54-52-50-48-46-35-33-31-29-27-25-23-21-19-17-15-13-11-9-7-2/h8,10,14,16,20,22,26,28,32,34,37-38,40-41,43-44,47,49,64,66,72,74,79-80,84H,6-7,9,11-13,15,17-19,21,23-25,27,29-31,33,35-36,39,42,45-46,48,50-63,65,67-71,73,75-78H2,1-5H3,(H-,82,85,86,87)/p+1/b10-8-,16-14-,22-20-,28-26-,34-32-,38-37-,41-40-,44-43-,49-47-,66-64+,74-72+. The first kappa shape index (κ1) is 86.6. The molecule has 0 saturated carbocycles. The highest BCUT2D eigenvalue weighted by Crippen LogP contribution is 2.43. The maximum atomic E-state index is 13.1. The van der Waals surface area contributed by atoms with Crippen molar-refractivity contribution >= 4 is 13.7 Å². The maximum absolute atomic E-state index is 13.1. The van der Waals surface area contributed by atoms with E-state index >= 15 is 0 Å². The summed E-state index contributed by atoms with van der Waals surface area (Å²) in [5.41, 5.74) is 0. The van der Waals surface area contributed by atoms with Gasteiger partial charge in [0, 0.05) is 6.42 Å². The van der Waals surface area contributed by atoms with Crippen LogP contribution in [0.4, 0.5) is 0 Å². The summed E-state index contributed by atoms with van der Waals surface area (Å²) in [5, 5.41) is 14.0. The van der Waals surface area contributed by atoms with Gasteiger partial charge in [0.25, 0.3) is 0 Å². The molecule has 0 heterocycles. The Balaban J connectivity index is 4.12. The van der Waals surface area contributed by atoms with Crippen LogP contribution >= 0.6 is 7.82 Å². The van der Waals surface area contributed by atoms with Crippen LogP contribution in [0.2, 0.25) is 0 Å². The van der Waals surface area contributed by atoms with Crippen LogP contribution in [0.5, 0.6) is 0 Å². The molecule has 0 radical (unpaired) electrons. The molecule has 0 aliphatic rings. The fraction of sp³-hybridized carbons (Fsp3) is 0.716. The molecule has 0 aromatic rings. The van der Waals surface area contributed by atoms with Gasteiger partial charge < -0.3 is 19.8 Å². The van der Waals surface area contributed by atoms with Gasteiger partial charge in [0.15, 0.2) is 0 Å². The van der Waals surface area contributed by atoms with Crippen molar-refractivity contribution < 1.29 is 32.9 Å². The van der Waals surface area contributed by atoms with Crippen molar-refractivity contribution in [3.8, 4) is 0 Å². The number of amides is 1. The molecule has 3 N–H and O–H groups in total. The minimum atomic E-state index is -4.37. The molecule has 0 bridgehead atoms. The molecule has 90 heavy (non-hydrogen) atoms. The molecular formula is C81H144N2O6P+. The third-order valence-electron chi connectivity index (χ3n) is 16.4. The zero-order chi connectivity index (χ0) is 65.5. The van der Waals surface area contributed by atoms with E-state index in [-0.39, 0.29) is 19.1 Å². The van der Waals surface area contributed by atoms with Crippen molar-refractivity contribution in [1.82, 2.24) is 5.32 Å². The molecule has 0 saturated heterocycles. The van der Waals surface area contributed by atoms with Crippen LogP contribution in [0, 0.1) is 0 Å². The predicted molar refractivity (Wildman–Crippen MR) is 396 cm³/mol. The van der Waals surface area contributed by atoms with E-state index in [1.54, 1.807) is 6.08 Å². The molecule has 518 valence electrons. The first-order chi connectivity index (χ1) is 44.0. The molecule has 9 heteroatoms. The summed E-state index contributed by atoms with van der Waals surface area (Å²) in [6.45, 7) is 4.70. The Bertz CT molecular complexity index is 1930. The predicted octanol–water partition coefficient (Wildman–Crippen LogP) is 24.6. The molecule has 0 aliphatic heterocycles. The Morgan fingerprint density at radius 2 is 0.678 bits per heavy atom. The number of nitrogens with zero attached hydrogens (tertiary/aromatic N) is 1. The highest BCUT2D eigenvalue weighted by Gasteiger charge is 2.28. The van der Waals surface area contributed by atoms with Gasteiger partial charge in [0.2, 0.25) is 5.91 Å². The van der Waals surface area contributed by atoms with Crippen LogP contribution in [0.15, 0.2) is 134 Å². The van der Waals surface area contributed by atoms with Gasteiger partial charge in [-0.25, -0.2) is 4.57 Å². The number of carbonyl (C=O) groups is 1. The second kappa shape index (κ2) is 70.0. The van der Waals surface area contributed by atoms with Crippen molar-refractivity contribution in [2.45, 2.75) is 334 Å². The van der Waals surface area contributed by atoms with Crippen molar-refractivity contribution in [3.05, 3.63) is 134 Å².